The number of aryl methyl sites for hydroxylation is 2. The number of benzene rings is 1. The first-order chi connectivity index (χ1) is 15.0. The number of pyridine rings is 1. The number of nitrogens with one attached hydrogen (secondary N) is 1. The summed E-state index contributed by atoms with van der Waals surface area (Å²) >= 11 is 0. The Morgan fingerprint density at radius 3 is 2.42 bits per heavy atom. The van der Waals surface area contributed by atoms with Crippen LogP contribution in [0, 0.1) is 13.8 Å². The second-order valence-electron chi connectivity index (χ2n) is 7.38. The number of aromatic amines is 1. The first-order valence-electron chi connectivity index (χ1n) is 9.79. The van der Waals surface area contributed by atoms with E-state index < -0.39 is 0 Å². The van der Waals surface area contributed by atoms with Gasteiger partial charge in [0.1, 0.15) is 0 Å². The molecular formula is C22H20N8O. The molecular weight excluding hydrogens is 392 g/mol. The molecule has 0 aliphatic heterocycles. The van der Waals surface area contributed by atoms with E-state index in [0.29, 0.717) is 11.3 Å². The molecule has 9 nitrogen and oxygen atoms in total. The van der Waals surface area contributed by atoms with Gasteiger partial charge >= 0.3 is 5.69 Å². The van der Waals surface area contributed by atoms with Crippen LogP contribution in [-0.4, -0.2) is 34.3 Å². The van der Waals surface area contributed by atoms with Crippen molar-refractivity contribution in [2.24, 2.45) is 0 Å². The summed E-state index contributed by atoms with van der Waals surface area (Å²) in [5.41, 5.74) is 12.0. The summed E-state index contributed by atoms with van der Waals surface area (Å²) in [6.45, 7) is 4.11. The number of rotatable bonds is 4. The Morgan fingerprint density at radius 1 is 1.00 bits per heavy atom. The first-order valence-corrected chi connectivity index (χ1v) is 9.79. The number of aromatic nitrogens is 7. The molecule has 0 radical (unpaired) electrons. The number of H-pyrrole nitrogens is 1. The highest BCUT2D eigenvalue weighted by atomic mass is 16.2. The van der Waals surface area contributed by atoms with E-state index >= 15 is 0 Å². The summed E-state index contributed by atoms with van der Waals surface area (Å²) < 4.78 is 2.71. The molecule has 9 heteroatoms. The maximum atomic E-state index is 13.1. The average molecular weight is 412 g/mol. The third-order valence-electron chi connectivity index (χ3n) is 5.05. The molecule has 0 unspecified atom stereocenters. The fourth-order valence-corrected chi connectivity index (χ4v) is 3.79. The lowest BCUT2D eigenvalue weighted by molar-refractivity contribution is 0.645. The van der Waals surface area contributed by atoms with Gasteiger partial charge in [-0.3, -0.25) is 10.1 Å². The Labute approximate surface area is 177 Å². The molecule has 5 aromatic rings. The van der Waals surface area contributed by atoms with Gasteiger partial charge in [0, 0.05) is 23.1 Å². The molecule has 4 aromatic heterocycles. The van der Waals surface area contributed by atoms with E-state index in [9.17, 15) is 4.79 Å². The highest BCUT2D eigenvalue weighted by Gasteiger charge is 2.22. The number of nitrogens with two attached hydrogens (primary N) is 1. The third-order valence-corrected chi connectivity index (χ3v) is 5.05. The van der Waals surface area contributed by atoms with Crippen LogP contribution in [0.2, 0.25) is 0 Å². The molecule has 0 amide bonds. The molecule has 0 spiro atoms. The Hall–Kier alpha value is -4.27. The van der Waals surface area contributed by atoms with Crippen LogP contribution < -0.4 is 11.4 Å². The van der Waals surface area contributed by atoms with E-state index in [1.165, 1.54) is 9.08 Å². The predicted octanol–water partition coefficient (Wildman–Crippen LogP) is 2.59. The van der Waals surface area contributed by atoms with Gasteiger partial charge in [0.2, 0.25) is 5.95 Å². The smallest absolute Gasteiger partial charge is 0.353 e. The van der Waals surface area contributed by atoms with Gasteiger partial charge in [-0.15, -0.1) is 5.10 Å². The van der Waals surface area contributed by atoms with Gasteiger partial charge in [0.25, 0.3) is 0 Å². The van der Waals surface area contributed by atoms with Crippen molar-refractivity contribution in [2.45, 2.75) is 20.4 Å². The fraction of sp³-hybridized carbons (Fsp3) is 0.136. The fourth-order valence-electron chi connectivity index (χ4n) is 3.79. The summed E-state index contributed by atoms with van der Waals surface area (Å²) in [5, 5.41) is 11.4. The van der Waals surface area contributed by atoms with Gasteiger partial charge in [-0.25, -0.2) is 18.9 Å². The molecule has 0 atom stereocenters. The largest absolute Gasteiger partial charge is 0.369 e. The molecule has 0 bridgehead atoms. The SMILES string of the molecule is Cc1cc(-c2c(-c3ccccc3)nc(N)n3c(=O)n(Cc4ccn[nH]4)nc23)cc(C)n1. The van der Waals surface area contributed by atoms with E-state index in [1.54, 1.807) is 12.3 Å². The van der Waals surface area contributed by atoms with Crippen molar-refractivity contribution in [1.82, 2.24) is 34.3 Å². The van der Waals surface area contributed by atoms with Crippen LogP contribution >= 0.6 is 0 Å². The van der Waals surface area contributed by atoms with Gasteiger partial charge < -0.3 is 5.73 Å². The van der Waals surface area contributed by atoms with Crippen LogP contribution in [-0.2, 0) is 6.54 Å². The molecule has 0 saturated carbocycles. The lowest BCUT2D eigenvalue weighted by Gasteiger charge is -2.13. The number of nitrogens with zero attached hydrogens (tertiary/aromatic N) is 6. The second kappa shape index (κ2) is 7.21. The maximum absolute atomic E-state index is 13.1. The van der Waals surface area contributed by atoms with Gasteiger partial charge in [-0.2, -0.15) is 5.10 Å². The number of nitrogen functional groups attached to an aromatic ring is 1. The van der Waals surface area contributed by atoms with E-state index in [2.05, 4.69) is 25.3 Å². The zero-order valence-electron chi connectivity index (χ0n) is 17.1. The molecule has 31 heavy (non-hydrogen) atoms. The quantitative estimate of drug-likeness (QED) is 0.468. The topological polar surface area (TPSA) is 120 Å². The summed E-state index contributed by atoms with van der Waals surface area (Å²) in [4.78, 5) is 22.2. The Balaban J connectivity index is 1.85. The van der Waals surface area contributed by atoms with Crippen molar-refractivity contribution in [3.63, 3.8) is 0 Å². The van der Waals surface area contributed by atoms with E-state index in [-0.39, 0.29) is 18.2 Å². The van der Waals surface area contributed by atoms with Crippen LogP contribution in [0.15, 0.2) is 59.5 Å². The lowest BCUT2D eigenvalue weighted by Crippen LogP contribution is -2.23. The van der Waals surface area contributed by atoms with E-state index in [1.807, 2.05) is 56.3 Å². The normalized spacial score (nSPS) is 11.3. The van der Waals surface area contributed by atoms with Crippen LogP contribution in [0.5, 0.6) is 0 Å². The molecule has 0 aliphatic carbocycles. The van der Waals surface area contributed by atoms with Crippen molar-refractivity contribution >= 4 is 11.6 Å². The zero-order chi connectivity index (χ0) is 21.5. The molecule has 0 saturated heterocycles. The molecule has 154 valence electrons. The molecule has 4 heterocycles. The van der Waals surface area contributed by atoms with Gasteiger partial charge in [0.15, 0.2) is 5.65 Å². The van der Waals surface area contributed by atoms with Crippen LogP contribution in [0.1, 0.15) is 17.1 Å². The highest BCUT2D eigenvalue weighted by Crippen LogP contribution is 2.34. The van der Waals surface area contributed by atoms with Gasteiger partial charge in [-0.05, 0) is 37.6 Å². The first kappa shape index (κ1) is 18.7. The Kier molecular flexibility index (Phi) is 4.36. The Morgan fingerprint density at radius 2 is 1.74 bits per heavy atom. The highest BCUT2D eigenvalue weighted by molar-refractivity contribution is 5.90. The standard InChI is InChI=1S/C22H20N8O/c1-13-10-16(11-14(2)25-13)18-19(15-6-4-3-5-7-15)26-21(23)30-20(18)28-29(22(30)31)12-17-8-9-24-27-17/h3-11H,12H2,1-2H3,(H2,23,26)(H,24,27). The van der Waals surface area contributed by atoms with Crippen molar-refractivity contribution in [3.05, 3.63) is 82.3 Å². The summed E-state index contributed by atoms with van der Waals surface area (Å²) in [6, 6.07) is 15.5. The van der Waals surface area contributed by atoms with Gasteiger partial charge in [0.05, 0.1) is 23.5 Å². The minimum Gasteiger partial charge on any atom is -0.369 e. The maximum Gasteiger partial charge on any atom is 0.353 e. The van der Waals surface area contributed by atoms with Crippen molar-refractivity contribution in [2.75, 3.05) is 5.73 Å². The molecule has 3 N–H and O–H groups in total. The van der Waals surface area contributed by atoms with Gasteiger partial charge in [-0.1, -0.05) is 30.3 Å². The average Bonchev–Trinajstić information content (AvgIpc) is 3.36. The lowest BCUT2D eigenvalue weighted by atomic mass is 9.99. The number of hydrogen-bond donors (Lipinski definition) is 2. The number of anilines is 1. The van der Waals surface area contributed by atoms with Crippen LogP contribution in [0.4, 0.5) is 5.95 Å². The molecule has 0 fully saturated rings. The van der Waals surface area contributed by atoms with Crippen LogP contribution in [0.25, 0.3) is 28.0 Å². The summed E-state index contributed by atoms with van der Waals surface area (Å²) in [7, 11) is 0. The van der Waals surface area contributed by atoms with E-state index in [4.69, 9.17) is 5.73 Å². The van der Waals surface area contributed by atoms with Crippen molar-refractivity contribution < 1.29 is 0 Å². The van der Waals surface area contributed by atoms with Crippen molar-refractivity contribution in [1.29, 1.82) is 0 Å². The second-order valence-corrected chi connectivity index (χ2v) is 7.38. The molecule has 5 rings (SSSR count). The predicted molar refractivity (Wildman–Crippen MR) is 117 cm³/mol. The minimum absolute atomic E-state index is 0.0842. The zero-order valence-corrected chi connectivity index (χ0v) is 17.1. The number of fused-ring (bicyclic) bond motifs is 1. The summed E-state index contributed by atoms with van der Waals surface area (Å²) in [6.07, 6.45) is 1.63. The van der Waals surface area contributed by atoms with Crippen LogP contribution in [0.3, 0.4) is 0 Å². The Bertz CT molecular complexity index is 1430. The monoisotopic (exact) mass is 412 g/mol. The molecule has 0 aliphatic rings. The number of hydrogen-bond acceptors (Lipinski definition) is 6. The van der Waals surface area contributed by atoms with E-state index in [0.717, 1.165) is 33.8 Å². The minimum atomic E-state index is -0.363. The van der Waals surface area contributed by atoms with Crippen molar-refractivity contribution in [3.8, 4) is 22.4 Å². The summed E-state index contributed by atoms with van der Waals surface area (Å²) in [5.74, 6) is 0.0842. The molecule has 1 aromatic carbocycles. The third kappa shape index (κ3) is 3.25.